The lowest BCUT2D eigenvalue weighted by Gasteiger charge is -2.13. The van der Waals surface area contributed by atoms with Crippen LogP contribution in [0.5, 0.6) is 0 Å². The third kappa shape index (κ3) is 3.94. The Kier molecular flexibility index (Phi) is 4.93. The molecular weight excluding hydrogens is 312 g/mol. The van der Waals surface area contributed by atoms with Gasteiger partial charge in [0.1, 0.15) is 5.82 Å². The molecule has 0 spiro atoms. The number of carbonyl (C=O) groups excluding carboxylic acids is 1. The highest BCUT2D eigenvalue weighted by Crippen LogP contribution is 2.24. The van der Waals surface area contributed by atoms with Gasteiger partial charge in [-0.25, -0.2) is 9.97 Å². The Labute approximate surface area is 147 Å². The number of aromatic nitrogens is 2. The maximum Gasteiger partial charge on any atom is 0.289 e. The van der Waals surface area contributed by atoms with Crippen molar-refractivity contribution in [1.29, 1.82) is 0 Å². The van der Waals surface area contributed by atoms with Crippen molar-refractivity contribution in [3.63, 3.8) is 0 Å². The van der Waals surface area contributed by atoms with Crippen molar-refractivity contribution >= 4 is 28.3 Å². The number of aryl methyl sites for hydroxylation is 1. The quantitative estimate of drug-likeness (QED) is 0.733. The second-order valence-corrected chi connectivity index (χ2v) is 6.19. The second-order valence-electron chi connectivity index (χ2n) is 6.19. The minimum Gasteiger partial charge on any atom is -0.347 e. The maximum atomic E-state index is 12.5. The summed E-state index contributed by atoms with van der Waals surface area (Å²) in [6.45, 7) is 6.02. The van der Waals surface area contributed by atoms with Gasteiger partial charge in [-0.05, 0) is 50.1 Å². The molecule has 128 valence electrons. The van der Waals surface area contributed by atoms with Crippen LogP contribution in [0, 0.1) is 6.92 Å². The average molecular weight is 334 g/mol. The highest BCUT2D eigenvalue weighted by molar-refractivity contribution is 5.97. The van der Waals surface area contributed by atoms with Crippen LogP contribution in [0.25, 0.3) is 10.9 Å². The molecule has 1 aromatic heterocycles. The number of hydrogen-bond acceptors (Lipinski definition) is 4. The van der Waals surface area contributed by atoms with E-state index in [0.29, 0.717) is 5.82 Å². The highest BCUT2D eigenvalue weighted by Gasteiger charge is 2.15. The van der Waals surface area contributed by atoms with Gasteiger partial charge in [-0.15, -0.1) is 0 Å². The number of benzene rings is 2. The molecule has 0 bridgehead atoms. The van der Waals surface area contributed by atoms with Gasteiger partial charge < -0.3 is 10.6 Å². The number of nitrogens with zero attached hydrogens (tertiary/aromatic N) is 2. The van der Waals surface area contributed by atoms with Crippen molar-refractivity contribution in [3.8, 4) is 0 Å². The van der Waals surface area contributed by atoms with E-state index in [-0.39, 0.29) is 17.8 Å². The molecule has 0 radical (unpaired) electrons. The molecule has 3 aromatic rings. The standard InChI is InChI=1S/C20H22N4O/c1-4-14(3)21-20(25)19-23-17-11-6-5-10-16(17)18(24-19)22-15-9-7-8-13(2)12-15/h5-12,14H,4H2,1-3H3,(H,21,25)(H,22,23,24)/t14-/m0/s1. The lowest BCUT2D eigenvalue weighted by atomic mass is 10.2. The molecule has 3 rings (SSSR count). The molecule has 0 aliphatic heterocycles. The summed E-state index contributed by atoms with van der Waals surface area (Å²) in [7, 11) is 0. The fraction of sp³-hybridized carbons (Fsp3) is 0.250. The van der Waals surface area contributed by atoms with Gasteiger partial charge in [0, 0.05) is 17.1 Å². The molecule has 1 amide bonds. The number of hydrogen-bond donors (Lipinski definition) is 2. The summed E-state index contributed by atoms with van der Waals surface area (Å²) in [5.41, 5.74) is 2.82. The van der Waals surface area contributed by atoms with Gasteiger partial charge in [-0.1, -0.05) is 31.2 Å². The van der Waals surface area contributed by atoms with Gasteiger partial charge >= 0.3 is 0 Å². The number of amides is 1. The fourth-order valence-electron chi connectivity index (χ4n) is 2.52. The van der Waals surface area contributed by atoms with Crippen LogP contribution >= 0.6 is 0 Å². The summed E-state index contributed by atoms with van der Waals surface area (Å²) in [6, 6.07) is 15.8. The lowest BCUT2D eigenvalue weighted by Crippen LogP contribution is -2.33. The van der Waals surface area contributed by atoms with E-state index in [1.165, 1.54) is 0 Å². The molecule has 0 saturated heterocycles. The Morgan fingerprint density at radius 1 is 1.12 bits per heavy atom. The zero-order valence-corrected chi connectivity index (χ0v) is 14.7. The summed E-state index contributed by atoms with van der Waals surface area (Å²) in [4.78, 5) is 21.4. The average Bonchev–Trinajstić information content (AvgIpc) is 2.61. The zero-order valence-electron chi connectivity index (χ0n) is 14.7. The highest BCUT2D eigenvalue weighted by atomic mass is 16.2. The number of rotatable bonds is 5. The molecule has 2 N–H and O–H groups in total. The molecule has 0 saturated carbocycles. The number of fused-ring (bicyclic) bond motifs is 1. The van der Waals surface area contributed by atoms with E-state index in [9.17, 15) is 4.79 Å². The van der Waals surface area contributed by atoms with E-state index < -0.39 is 0 Å². The first-order valence-corrected chi connectivity index (χ1v) is 8.48. The van der Waals surface area contributed by atoms with E-state index in [1.54, 1.807) is 0 Å². The molecule has 25 heavy (non-hydrogen) atoms. The smallest absolute Gasteiger partial charge is 0.289 e. The summed E-state index contributed by atoms with van der Waals surface area (Å²) in [6.07, 6.45) is 0.855. The Hall–Kier alpha value is -2.95. The van der Waals surface area contributed by atoms with Gasteiger partial charge in [-0.2, -0.15) is 0 Å². The van der Waals surface area contributed by atoms with Crippen molar-refractivity contribution in [2.45, 2.75) is 33.2 Å². The predicted octanol–water partition coefficient (Wildman–Crippen LogP) is 4.21. The minimum absolute atomic E-state index is 0.0794. The summed E-state index contributed by atoms with van der Waals surface area (Å²) in [5.74, 6) is 0.548. The third-order valence-corrected chi connectivity index (χ3v) is 4.08. The summed E-state index contributed by atoms with van der Waals surface area (Å²) in [5, 5.41) is 7.12. The first-order valence-electron chi connectivity index (χ1n) is 8.48. The molecule has 0 fully saturated rings. The molecule has 2 aromatic carbocycles. The Bertz CT molecular complexity index is 907. The molecular formula is C20H22N4O. The molecule has 5 heteroatoms. The molecule has 0 aliphatic carbocycles. The SMILES string of the molecule is CC[C@H](C)NC(=O)c1nc(Nc2cccc(C)c2)c2ccccc2n1. The predicted molar refractivity (Wildman–Crippen MR) is 101 cm³/mol. The largest absolute Gasteiger partial charge is 0.347 e. The number of carbonyl (C=O) groups is 1. The van der Waals surface area contributed by atoms with Gasteiger partial charge in [0.15, 0.2) is 0 Å². The van der Waals surface area contributed by atoms with E-state index in [0.717, 1.165) is 28.6 Å². The van der Waals surface area contributed by atoms with Gasteiger partial charge in [0.25, 0.3) is 5.91 Å². The van der Waals surface area contributed by atoms with Crippen molar-refractivity contribution in [1.82, 2.24) is 15.3 Å². The van der Waals surface area contributed by atoms with Crippen molar-refractivity contribution in [2.75, 3.05) is 5.32 Å². The number of nitrogens with one attached hydrogen (secondary N) is 2. The van der Waals surface area contributed by atoms with Crippen LogP contribution in [0.2, 0.25) is 0 Å². The zero-order chi connectivity index (χ0) is 17.8. The maximum absolute atomic E-state index is 12.5. The molecule has 1 heterocycles. The Morgan fingerprint density at radius 3 is 2.68 bits per heavy atom. The third-order valence-electron chi connectivity index (χ3n) is 4.08. The van der Waals surface area contributed by atoms with Gasteiger partial charge in [-0.3, -0.25) is 4.79 Å². The van der Waals surface area contributed by atoms with E-state index in [1.807, 2.05) is 69.3 Å². The van der Waals surface area contributed by atoms with Crippen LogP contribution in [0.15, 0.2) is 48.5 Å². The van der Waals surface area contributed by atoms with Gasteiger partial charge in [0.05, 0.1) is 5.52 Å². The van der Waals surface area contributed by atoms with Crippen molar-refractivity contribution in [2.24, 2.45) is 0 Å². The van der Waals surface area contributed by atoms with E-state index >= 15 is 0 Å². The van der Waals surface area contributed by atoms with Crippen molar-refractivity contribution < 1.29 is 4.79 Å². The first-order chi connectivity index (χ1) is 12.1. The van der Waals surface area contributed by atoms with Crippen LogP contribution in [-0.2, 0) is 0 Å². The molecule has 0 unspecified atom stereocenters. The Morgan fingerprint density at radius 2 is 1.92 bits per heavy atom. The molecule has 0 aliphatic rings. The normalized spacial score (nSPS) is 12.0. The van der Waals surface area contributed by atoms with Crippen LogP contribution in [-0.4, -0.2) is 21.9 Å². The van der Waals surface area contributed by atoms with Crippen LogP contribution in [0.3, 0.4) is 0 Å². The molecule has 1 atom stereocenters. The lowest BCUT2D eigenvalue weighted by molar-refractivity contribution is 0.0929. The Balaban J connectivity index is 2.02. The topological polar surface area (TPSA) is 66.9 Å². The van der Waals surface area contributed by atoms with Crippen LogP contribution < -0.4 is 10.6 Å². The fourth-order valence-corrected chi connectivity index (χ4v) is 2.52. The van der Waals surface area contributed by atoms with Crippen molar-refractivity contribution in [3.05, 3.63) is 59.9 Å². The number of anilines is 2. The molecule has 5 nitrogen and oxygen atoms in total. The number of para-hydroxylation sites is 1. The first kappa shape index (κ1) is 16.9. The van der Waals surface area contributed by atoms with Crippen LogP contribution in [0.1, 0.15) is 36.5 Å². The summed E-state index contributed by atoms with van der Waals surface area (Å²) >= 11 is 0. The van der Waals surface area contributed by atoms with E-state index in [2.05, 4.69) is 20.6 Å². The van der Waals surface area contributed by atoms with Crippen LogP contribution in [0.4, 0.5) is 11.5 Å². The monoisotopic (exact) mass is 334 g/mol. The second kappa shape index (κ2) is 7.30. The van der Waals surface area contributed by atoms with Gasteiger partial charge in [0.2, 0.25) is 5.82 Å². The van der Waals surface area contributed by atoms with E-state index in [4.69, 9.17) is 0 Å². The summed E-state index contributed by atoms with van der Waals surface area (Å²) < 4.78 is 0. The minimum atomic E-state index is -0.257.